The molecule has 0 aliphatic rings. The van der Waals surface area contributed by atoms with Gasteiger partial charge >= 0.3 is 12.3 Å². The van der Waals surface area contributed by atoms with Gasteiger partial charge in [0.25, 0.3) is 0 Å². The van der Waals surface area contributed by atoms with Crippen molar-refractivity contribution in [2.75, 3.05) is 7.11 Å². The number of hydrogen-bond acceptors (Lipinski definition) is 5. The van der Waals surface area contributed by atoms with Gasteiger partial charge in [-0.25, -0.2) is 0 Å². The van der Waals surface area contributed by atoms with Crippen molar-refractivity contribution >= 4 is 5.97 Å². The van der Waals surface area contributed by atoms with Crippen molar-refractivity contribution < 1.29 is 32.5 Å². The molecule has 1 aromatic rings. The molecule has 0 aliphatic carbocycles. The fourth-order valence-electron chi connectivity index (χ4n) is 1.38. The van der Waals surface area contributed by atoms with E-state index in [-0.39, 0.29) is 23.6 Å². The Hall–Kier alpha value is -2.03. The van der Waals surface area contributed by atoms with Gasteiger partial charge < -0.3 is 20.3 Å². The number of aromatic nitrogens is 1. The minimum atomic E-state index is -4.98. The van der Waals surface area contributed by atoms with E-state index in [9.17, 15) is 18.0 Å². The largest absolute Gasteiger partial charge is 0.574 e. The number of halogens is 3. The van der Waals surface area contributed by atoms with Crippen LogP contribution in [0.25, 0.3) is 0 Å². The van der Waals surface area contributed by atoms with Crippen LogP contribution in [-0.2, 0) is 17.8 Å². The molecule has 19 heavy (non-hydrogen) atoms. The van der Waals surface area contributed by atoms with Crippen LogP contribution in [0, 0.1) is 0 Å². The molecule has 0 bridgehead atoms. The molecule has 3 N–H and O–H groups in total. The van der Waals surface area contributed by atoms with Crippen LogP contribution in [0.4, 0.5) is 13.2 Å². The van der Waals surface area contributed by atoms with Crippen LogP contribution in [0.2, 0.25) is 0 Å². The third-order valence-corrected chi connectivity index (χ3v) is 2.07. The molecular formula is C10H11F3N2O4. The normalized spacial score (nSPS) is 11.2. The Morgan fingerprint density at radius 2 is 2.05 bits per heavy atom. The Morgan fingerprint density at radius 3 is 2.47 bits per heavy atom. The topological polar surface area (TPSA) is 94.7 Å². The zero-order chi connectivity index (χ0) is 14.6. The highest BCUT2D eigenvalue weighted by Gasteiger charge is 2.33. The highest BCUT2D eigenvalue weighted by Crippen LogP contribution is 2.29. The average molecular weight is 280 g/mol. The van der Waals surface area contributed by atoms with Gasteiger partial charge in [-0.15, -0.1) is 13.2 Å². The highest BCUT2D eigenvalue weighted by molar-refractivity contribution is 5.71. The lowest BCUT2D eigenvalue weighted by atomic mass is 10.1. The summed E-state index contributed by atoms with van der Waals surface area (Å²) in [4.78, 5) is 14.1. The molecule has 0 spiro atoms. The van der Waals surface area contributed by atoms with Gasteiger partial charge in [0.2, 0.25) is 11.8 Å². The predicted molar refractivity (Wildman–Crippen MR) is 56.7 cm³/mol. The molecule has 0 amide bonds. The molecule has 9 heteroatoms. The number of methoxy groups -OCH3 is 1. The molecule has 0 unspecified atom stereocenters. The SMILES string of the molecule is COc1nc(OC(F)(F)F)c(CC(=O)O)cc1CN. The van der Waals surface area contributed by atoms with Crippen molar-refractivity contribution in [3.8, 4) is 11.8 Å². The Labute approximate surface area is 105 Å². The Balaban J connectivity index is 3.27. The van der Waals surface area contributed by atoms with Gasteiger partial charge in [0.05, 0.1) is 13.5 Å². The van der Waals surface area contributed by atoms with E-state index in [0.717, 1.165) is 0 Å². The lowest BCUT2D eigenvalue weighted by Crippen LogP contribution is -2.20. The van der Waals surface area contributed by atoms with Crippen molar-refractivity contribution in [2.24, 2.45) is 5.73 Å². The van der Waals surface area contributed by atoms with Crippen molar-refractivity contribution in [3.63, 3.8) is 0 Å². The predicted octanol–water partition coefficient (Wildman–Crippen LogP) is 1.07. The van der Waals surface area contributed by atoms with E-state index in [1.165, 1.54) is 13.2 Å². The Morgan fingerprint density at radius 1 is 1.42 bits per heavy atom. The van der Waals surface area contributed by atoms with Crippen LogP contribution in [0.5, 0.6) is 11.8 Å². The van der Waals surface area contributed by atoms with E-state index < -0.39 is 24.6 Å². The summed E-state index contributed by atoms with van der Waals surface area (Å²) in [5.41, 5.74) is 5.43. The van der Waals surface area contributed by atoms with Crippen molar-refractivity contribution in [1.29, 1.82) is 0 Å². The maximum absolute atomic E-state index is 12.2. The lowest BCUT2D eigenvalue weighted by Gasteiger charge is -2.14. The van der Waals surface area contributed by atoms with Crippen LogP contribution in [0.1, 0.15) is 11.1 Å². The van der Waals surface area contributed by atoms with E-state index in [4.69, 9.17) is 15.6 Å². The second-order valence-electron chi connectivity index (χ2n) is 3.44. The summed E-state index contributed by atoms with van der Waals surface area (Å²) in [6.45, 7) is -0.0604. The van der Waals surface area contributed by atoms with Gasteiger partial charge in [-0.05, 0) is 6.07 Å². The fourth-order valence-corrected chi connectivity index (χ4v) is 1.38. The first kappa shape index (κ1) is 15.0. The van der Waals surface area contributed by atoms with Gasteiger partial charge in [-0.3, -0.25) is 4.79 Å². The molecule has 0 fully saturated rings. The molecule has 0 saturated heterocycles. The molecule has 0 atom stereocenters. The molecule has 0 aliphatic heterocycles. The van der Waals surface area contributed by atoms with Gasteiger partial charge in [-0.2, -0.15) is 4.98 Å². The molecule has 1 heterocycles. The zero-order valence-corrected chi connectivity index (χ0v) is 9.82. The fraction of sp³-hybridized carbons (Fsp3) is 0.400. The number of ether oxygens (including phenoxy) is 2. The number of hydrogen-bond donors (Lipinski definition) is 2. The lowest BCUT2D eigenvalue weighted by molar-refractivity contribution is -0.276. The molecular weight excluding hydrogens is 269 g/mol. The molecule has 0 saturated carbocycles. The van der Waals surface area contributed by atoms with E-state index in [1.807, 2.05) is 0 Å². The number of alkyl halides is 3. The van der Waals surface area contributed by atoms with Crippen LogP contribution in [-0.4, -0.2) is 29.5 Å². The molecule has 0 radical (unpaired) electrons. The van der Waals surface area contributed by atoms with E-state index in [1.54, 1.807) is 0 Å². The van der Waals surface area contributed by atoms with Gasteiger partial charge in [0.15, 0.2) is 0 Å². The van der Waals surface area contributed by atoms with E-state index in [0.29, 0.717) is 0 Å². The number of carboxylic acids is 1. The smallest absolute Gasteiger partial charge is 0.481 e. The summed E-state index contributed by atoms with van der Waals surface area (Å²) in [7, 11) is 1.20. The number of carbonyl (C=O) groups is 1. The minimum Gasteiger partial charge on any atom is -0.481 e. The van der Waals surface area contributed by atoms with Crippen molar-refractivity contribution in [3.05, 3.63) is 17.2 Å². The third kappa shape index (κ3) is 4.28. The third-order valence-electron chi connectivity index (χ3n) is 2.07. The number of nitrogens with zero attached hydrogens (tertiary/aromatic N) is 1. The number of nitrogens with two attached hydrogens (primary N) is 1. The maximum atomic E-state index is 12.2. The zero-order valence-electron chi connectivity index (χ0n) is 9.82. The Bertz CT molecular complexity index is 477. The summed E-state index contributed by atoms with van der Waals surface area (Å²) in [5, 5.41) is 8.65. The number of pyridine rings is 1. The first-order valence-electron chi connectivity index (χ1n) is 5.01. The van der Waals surface area contributed by atoms with E-state index >= 15 is 0 Å². The quantitative estimate of drug-likeness (QED) is 0.838. The van der Waals surface area contributed by atoms with Crippen molar-refractivity contribution in [2.45, 2.75) is 19.3 Å². The summed E-state index contributed by atoms with van der Waals surface area (Å²) >= 11 is 0. The standard InChI is InChI=1S/C10H11F3N2O4/c1-18-8-6(4-14)2-5(3-7(16)17)9(15-8)19-10(11,12)13/h2H,3-4,14H2,1H3,(H,16,17). The summed E-state index contributed by atoms with van der Waals surface area (Å²) in [5.74, 6) is -2.32. The summed E-state index contributed by atoms with van der Waals surface area (Å²) in [6.07, 6.45) is -5.65. The van der Waals surface area contributed by atoms with Crippen LogP contribution in [0.3, 0.4) is 0 Å². The van der Waals surface area contributed by atoms with Crippen molar-refractivity contribution in [1.82, 2.24) is 4.98 Å². The second-order valence-corrected chi connectivity index (χ2v) is 3.44. The molecule has 1 rings (SSSR count). The second kappa shape index (κ2) is 5.74. The molecule has 0 aromatic carbocycles. The Kier molecular flexibility index (Phi) is 4.54. The first-order valence-corrected chi connectivity index (χ1v) is 5.01. The average Bonchev–Trinajstić information content (AvgIpc) is 2.28. The van der Waals surface area contributed by atoms with Crippen LogP contribution < -0.4 is 15.2 Å². The number of rotatable bonds is 5. The minimum absolute atomic E-state index is 0.0604. The molecule has 6 nitrogen and oxygen atoms in total. The molecule has 1 aromatic heterocycles. The van der Waals surface area contributed by atoms with Gasteiger partial charge in [-0.1, -0.05) is 0 Å². The molecule has 106 valence electrons. The van der Waals surface area contributed by atoms with E-state index in [2.05, 4.69) is 9.72 Å². The number of aliphatic carboxylic acids is 1. The first-order chi connectivity index (χ1) is 8.76. The maximum Gasteiger partial charge on any atom is 0.574 e. The highest BCUT2D eigenvalue weighted by atomic mass is 19.4. The number of carboxylic acid groups (broad SMARTS) is 1. The van der Waals surface area contributed by atoms with Gasteiger partial charge in [0.1, 0.15) is 0 Å². The van der Waals surface area contributed by atoms with Gasteiger partial charge in [0, 0.05) is 17.7 Å². The summed E-state index contributed by atoms with van der Waals surface area (Å²) in [6, 6.07) is 1.17. The monoisotopic (exact) mass is 280 g/mol. The van der Waals surface area contributed by atoms with Crippen LogP contribution >= 0.6 is 0 Å². The summed E-state index contributed by atoms with van der Waals surface area (Å²) < 4.78 is 45.1. The van der Waals surface area contributed by atoms with Crippen LogP contribution in [0.15, 0.2) is 6.07 Å².